The summed E-state index contributed by atoms with van der Waals surface area (Å²) in [6, 6.07) is 9.51. The third-order valence-corrected chi connectivity index (χ3v) is 4.55. The molecule has 28 heavy (non-hydrogen) atoms. The first kappa shape index (κ1) is 19.9. The van der Waals surface area contributed by atoms with Crippen LogP contribution in [0, 0.1) is 0 Å². The smallest absolute Gasteiger partial charge is 0.317 e. The number of carboxylic acids is 1. The first-order chi connectivity index (χ1) is 13.4. The fourth-order valence-electron chi connectivity index (χ4n) is 3.16. The lowest BCUT2D eigenvalue weighted by atomic mass is 9.97. The minimum atomic E-state index is -0.892. The van der Waals surface area contributed by atoms with Gasteiger partial charge >= 0.3 is 5.97 Å². The lowest BCUT2D eigenvalue weighted by Gasteiger charge is -2.19. The molecule has 0 saturated heterocycles. The van der Waals surface area contributed by atoms with Crippen molar-refractivity contribution < 1.29 is 14.6 Å². The average Bonchev–Trinajstić information content (AvgIpc) is 2.66. The molecule has 1 aromatic heterocycles. The van der Waals surface area contributed by atoms with Gasteiger partial charge < -0.3 is 15.2 Å². The van der Waals surface area contributed by atoms with E-state index in [-0.39, 0.29) is 6.54 Å². The van der Waals surface area contributed by atoms with Gasteiger partial charge in [-0.25, -0.2) is 9.97 Å². The first-order valence-corrected chi connectivity index (χ1v) is 9.01. The van der Waals surface area contributed by atoms with E-state index < -0.39 is 5.97 Å². The highest BCUT2D eigenvalue weighted by atomic mass is 35.5. The number of likely N-dealkylation sites (N-methyl/N-ethyl adjacent to an activating group) is 1. The Hall–Kier alpha value is -2.90. The predicted octanol–water partition coefficient (Wildman–Crippen LogP) is 3.52. The first-order valence-electron chi connectivity index (χ1n) is 8.63. The summed E-state index contributed by atoms with van der Waals surface area (Å²) in [7, 11) is 5.07. The van der Waals surface area contributed by atoms with E-state index in [9.17, 15) is 4.79 Å². The number of benzene rings is 2. The van der Waals surface area contributed by atoms with Gasteiger partial charge in [-0.2, -0.15) is 0 Å². The molecule has 146 valence electrons. The maximum atomic E-state index is 11.1. The molecule has 0 saturated carbocycles. The van der Waals surface area contributed by atoms with Crippen molar-refractivity contribution in [3.05, 3.63) is 47.1 Å². The Morgan fingerprint density at radius 3 is 2.79 bits per heavy atom. The molecule has 3 rings (SSSR count). The summed E-state index contributed by atoms with van der Waals surface area (Å²) in [5.41, 5.74) is 3.30. The molecule has 0 aliphatic carbocycles. The maximum absolute atomic E-state index is 11.1. The molecule has 0 aliphatic heterocycles. The molecule has 0 unspecified atom stereocenters. The molecule has 0 aliphatic rings. The van der Waals surface area contributed by atoms with E-state index >= 15 is 0 Å². The number of rotatable bonds is 7. The van der Waals surface area contributed by atoms with Gasteiger partial charge in [-0.3, -0.25) is 9.69 Å². The van der Waals surface area contributed by atoms with Crippen LogP contribution in [0.25, 0.3) is 22.0 Å². The number of carbonyl (C=O) groups is 1. The van der Waals surface area contributed by atoms with Gasteiger partial charge in [0, 0.05) is 35.8 Å². The maximum Gasteiger partial charge on any atom is 0.317 e. The molecule has 0 bridgehead atoms. The van der Waals surface area contributed by atoms with Crippen molar-refractivity contribution in [3.63, 3.8) is 0 Å². The fraction of sp³-hybridized carbons (Fsp3) is 0.250. The molecule has 1 heterocycles. The van der Waals surface area contributed by atoms with Crippen LogP contribution < -0.4 is 10.1 Å². The van der Waals surface area contributed by atoms with E-state index in [2.05, 4.69) is 15.3 Å². The van der Waals surface area contributed by atoms with Crippen LogP contribution in [0.2, 0.25) is 5.02 Å². The largest absolute Gasteiger partial charge is 0.494 e. The lowest BCUT2D eigenvalue weighted by molar-refractivity contribution is -0.138. The Labute approximate surface area is 167 Å². The highest BCUT2D eigenvalue weighted by molar-refractivity contribution is 6.30. The van der Waals surface area contributed by atoms with Crippen LogP contribution in [0.1, 0.15) is 5.56 Å². The van der Waals surface area contributed by atoms with Gasteiger partial charge in [0.1, 0.15) is 11.3 Å². The number of carboxylic acid groups (broad SMARTS) is 1. The van der Waals surface area contributed by atoms with Gasteiger partial charge in [0.2, 0.25) is 5.95 Å². The zero-order valence-electron chi connectivity index (χ0n) is 15.9. The molecular formula is C20H21ClN4O3. The van der Waals surface area contributed by atoms with Crippen molar-refractivity contribution in [2.24, 2.45) is 0 Å². The van der Waals surface area contributed by atoms with Crippen molar-refractivity contribution in [1.29, 1.82) is 0 Å². The average molecular weight is 401 g/mol. The van der Waals surface area contributed by atoms with Crippen LogP contribution in [-0.2, 0) is 11.3 Å². The summed E-state index contributed by atoms with van der Waals surface area (Å²) in [5.74, 6) is 0.174. The van der Waals surface area contributed by atoms with Crippen LogP contribution >= 0.6 is 11.6 Å². The molecule has 0 radical (unpaired) electrons. The third-order valence-electron chi connectivity index (χ3n) is 4.31. The highest BCUT2D eigenvalue weighted by Crippen LogP contribution is 2.38. The summed E-state index contributed by atoms with van der Waals surface area (Å²) in [5, 5.41) is 13.5. The van der Waals surface area contributed by atoms with Gasteiger partial charge in [-0.05, 0) is 36.4 Å². The van der Waals surface area contributed by atoms with Gasteiger partial charge in [0.15, 0.2) is 0 Å². The van der Waals surface area contributed by atoms with E-state index in [0.29, 0.717) is 28.8 Å². The van der Waals surface area contributed by atoms with Crippen molar-refractivity contribution in [3.8, 4) is 16.9 Å². The van der Waals surface area contributed by atoms with Gasteiger partial charge in [-0.15, -0.1) is 0 Å². The van der Waals surface area contributed by atoms with Crippen LogP contribution in [0.3, 0.4) is 0 Å². The minimum Gasteiger partial charge on any atom is -0.494 e. The monoisotopic (exact) mass is 400 g/mol. The summed E-state index contributed by atoms with van der Waals surface area (Å²) in [4.78, 5) is 21.7. The van der Waals surface area contributed by atoms with E-state index in [1.165, 1.54) is 0 Å². The molecule has 0 spiro atoms. The molecule has 2 aromatic carbocycles. The summed E-state index contributed by atoms with van der Waals surface area (Å²) >= 11 is 6.19. The van der Waals surface area contributed by atoms with Crippen molar-refractivity contribution in [2.45, 2.75) is 6.54 Å². The number of anilines is 1. The highest BCUT2D eigenvalue weighted by Gasteiger charge is 2.18. The number of halogens is 1. The number of nitrogens with one attached hydrogen (secondary N) is 1. The van der Waals surface area contributed by atoms with Crippen molar-refractivity contribution >= 4 is 34.4 Å². The quantitative estimate of drug-likeness (QED) is 0.627. The number of ether oxygens (including phenoxy) is 1. The van der Waals surface area contributed by atoms with Crippen LogP contribution in [0.4, 0.5) is 5.95 Å². The van der Waals surface area contributed by atoms with Crippen LogP contribution in [0.15, 0.2) is 36.5 Å². The second-order valence-corrected chi connectivity index (χ2v) is 6.84. The molecular weight excluding hydrogens is 380 g/mol. The molecule has 8 heteroatoms. The lowest BCUT2D eigenvalue weighted by Crippen LogP contribution is -2.25. The number of aliphatic carboxylic acids is 1. The van der Waals surface area contributed by atoms with E-state index in [0.717, 1.165) is 22.1 Å². The SMILES string of the molecule is CNc1ncc2c(-c3cccc(Cl)c3)cc(CN(C)CC(=O)O)c(OC)c2n1. The Morgan fingerprint density at radius 2 is 2.14 bits per heavy atom. The standard InChI is InChI=1S/C20H21ClN4O3/c1-22-20-23-9-16-15(12-5-4-6-14(21)7-12)8-13(10-25(2)11-17(26)27)19(28-3)18(16)24-20/h4-9H,10-11H2,1-3H3,(H,26,27)(H,22,23,24). The Bertz CT molecular complexity index is 1030. The van der Waals surface area contributed by atoms with Gasteiger partial charge in [0.25, 0.3) is 0 Å². The summed E-state index contributed by atoms with van der Waals surface area (Å²) in [6.45, 7) is 0.303. The minimum absolute atomic E-state index is 0.0841. The van der Waals surface area contributed by atoms with E-state index in [1.54, 1.807) is 32.3 Å². The molecule has 2 N–H and O–H groups in total. The van der Waals surface area contributed by atoms with E-state index in [4.69, 9.17) is 21.4 Å². The van der Waals surface area contributed by atoms with Crippen LogP contribution in [-0.4, -0.2) is 53.7 Å². The number of hydrogen-bond donors (Lipinski definition) is 2. The van der Waals surface area contributed by atoms with Crippen molar-refractivity contribution in [2.75, 3.05) is 33.1 Å². The molecule has 0 fully saturated rings. The second-order valence-electron chi connectivity index (χ2n) is 6.40. The molecule has 0 atom stereocenters. The normalized spacial score (nSPS) is 11.0. The predicted molar refractivity (Wildman–Crippen MR) is 110 cm³/mol. The number of hydrogen-bond acceptors (Lipinski definition) is 6. The zero-order chi connectivity index (χ0) is 20.3. The number of methoxy groups -OCH3 is 1. The molecule has 3 aromatic rings. The Morgan fingerprint density at radius 1 is 1.36 bits per heavy atom. The number of nitrogens with zero attached hydrogens (tertiary/aromatic N) is 3. The zero-order valence-corrected chi connectivity index (χ0v) is 16.6. The second kappa shape index (κ2) is 8.41. The van der Waals surface area contributed by atoms with E-state index in [1.807, 2.05) is 30.3 Å². The Kier molecular flexibility index (Phi) is 5.96. The fourth-order valence-corrected chi connectivity index (χ4v) is 3.35. The third kappa shape index (κ3) is 4.16. The van der Waals surface area contributed by atoms with Gasteiger partial charge in [0.05, 0.1) is 13.7 Å². The number of fused-ring (bicyclic) bond motifs is 1. The summed E-state index contributed by atoms with van der Waals surface area (Å²) < 4.78 is 5.66. The molecule has 0 amide bonds. The van der Waals surface area contributed by atoms with Crippen LogP contribution in [0.5, 0.6) is 5.75 Å². The summed E-state index contributed by atoms with van der Waals surface area (Å²) in [6.07, 6.45) is 1.75. The van der Waals surface area contributed by atoms with Gasteiger partial charge in [-0.1, -0.05) is 23.7 Å². The topological polar surface area (TPSA) is 87.6 Å². The Balaban J connectivity index is 2.25. The number of aromatic nitrogens is 2. The molecule has 7 nitrogen and oxygen atoms in total. The van der Waals surface area contributed by atoms with Crippen molar-refractivity contribution in [1.82, 2.24) is 14.9 Å².